The van der Waals surface area contributed by atoms with Gasteiger partial charge in [0.25, 0.3) is 0 Å². The van der Waals surface area contributed by atoms with Gasteiger partial charge in [-0.1, -0.05) is 0 Å². The van der Waals surface area contributed by atoms with Crippen molar-refractivity contribution in [1.82, 2.24) is 0 Å². The zero-order valence-electron chi connectivity index (χ0n) is 5.42. The van der Waals surface area contributed by atoms with Crippen LogP contribution >= 0.6 is 0 Å². The lowest BCUT2D eigenvalue weighted by Crippen LogP contribution is -2.12. The Labute approximate surface area is 54.1 Å². The summed E-state index contributed by atoms with van der Waals surface area (Å²) in [6, 6.07) is 2.02. The fourth-order valence-corrected chi connectivity index (χ4v) is 1.25. The third-order valence-electron chi connectivity index (χ3n) is 1.81. The van der Waals surface area contributed by atoms with Crippen LogP contribution < -0.4 is 4.90 Å². The molecule has 0 spiro atoms. The highest BCUT2D eigenvalue weighted by atomic mass is 16.3. The van der Waals surface area contributed by atoms with E-state index in [1.165, 1.54) is 5.69 Å². The van der Waals surface area contributed by atoms with Crippen LogP contribution in [0.1, 0.15) is 5.76 Å². The summed E-state index contributed by atoms with van der Waals surface area (Å²) in [6.07, 6.45) is 2.82. The first-order valence-electron chi connectivity index (χ1n) is 3.15. The lowest BCUT2D eigenvalue weighted by molar-refractivity contribution is 0.521. The lowest BCUT2D eigenvalue weighted by Gasteiger charge is -2.06. The van der Waals surface area contributed by atoms with E-state index in [9.17, 15) is 0 Å². The number of anilines is 1. The molecule has 2 rings (SSSR count). The van der Waals surface area contributed by atoms with Crippen LogP contribution in [-0.2, 0) is 6.42 Å². The summed E-state index contributed by atoms with van der Waals surface area (Å²) in [5.41, 5.74) is 1.26. The molecule has 9 heavy (non-hydrogen) atoms. The molecule has 0 amide bonds. The molecule has 48 valence electrons. The maximum Gasteiger partial charge on any atom is 0.128 e. The summed E-state index contributed by atoms with van der Waals surface area (Å²) >= 11 is 0. The minimum Gasteiger partial charge on any atom is -0.467 e. The first-order valence-corrected chi connectivity index (χ1v) is 3.15. The molecule has 1 aromatic heterocycles. The smallest absolute Gasteiger partial charge is 0.128 e. The molecule has 0 N–H and O–H groups in total. The van der Waals surface area contributed by atoms with Crippen molar-refractivity contribution in [3.8, 4) is 0 Å². The largest absolute Gasteiger partial charge is 0.467 e. The SMILES string of the molecule is CN1CCc2occc21. The van der Waals surface area contributed by atoms with Gasteiger partial charge in [-0.3, -0.25) is 0 Å². The third-order valence-corrected chi connectivity index (χ3v) is 1.81. The van der Waals surface area contributed by atoms with Crippen LogP contribution in [0.5, 0.6) is 0 Å². The van der Waals surface area contributed by atoms with Crippen molar-refractivity contribution in [2.75, 3.05) is 18.5 Å². The number of hydrogen-bond acceptors (Lipinski definition) is 2. The van der Waals surface area contributed by atoms with Crippen LogP contribution in [0.25, 0.3) is 0 Å². The van der Waals surface area contributed by atoms with Crippen LogP contribution in [-0.4, -0.2) is 13.6 Å². The fraction of sp³-hybridized carbons (Fsp3) is 0.429. The van der Waals surface area contributed by atoms with E-state index in [-0.39, 0.29) is 0 Å². The molecule has 2 heterocycles. The van der Waals surface area contributed by atoms with E-state index in [1.807, 2.05) is 6.07 Å². The van der Waals surface area contributed by atoms with Gasteiger partial charge in [-0.05, 0) is 0 Å². The monoisotopic (exact) mass is 123 g/mol. The fourth-order valence-electron chi connectivity index (χ4n) is 1.25. The standard InChI is InChI=1S/C7H9NO/c1-8-4-2-7-6(8)3-5-9-7/h3,5H,2,4H2,1H3. The molecular weight excluding hydrogens is 114 g/mol. The summed E-state index contributed by atoms with van der Waals surface area (Å²) in [5.74, 6) is 1.14. The van der Waals surface area contributed by atoms with Crippen LogP contribution in [0.15, 0.2) is 16.7 Å². The van der Waals surface area contributed by atoms with Crippen molar-refractivity contribution in [2.45, 2.75) is 6.42 Å². The van der Waals surface area contributed by atoms with Crippen LogP contribution in [0.3, 0.4) is 0 Å². The summed E-state index contributed by atoms with van der Waals surface area (Å²) in [4.78, 5) is 2.21. The van der Waals surface area contributed by atoms with Crippen molar-refractivity contribution >= 4 is 5.69 Å². The van der Waals surface area contributed by atoms with Crippen molar-refractivity contribution in [3.05, 3.63) is 18.1 Å². The topological polar surface area (TPSA) is 16.4 Å². The molecule has 0 radical (unpaired) electrons. The number of rotatable bonds is 0. The zero-order valence-corrected chi connectivity index (χ0v) is 5.42. The Morgan fingerprint density at radius 3 is 3.33 bits per heavy atom. The Balaban J connectivity index is 2.49. The molecule has 0 fully saturated rings. The average molecular weight is 123 g/mol. The molecule has 1 aromatic rings. The number of hydrogen-bond donors (Lipinski definition) is 0. The Kier molecular flexibility index (Phi) is 0.835. The number of likely N-dealkylation sites (N-methyl/N-ethyl adjacent to an activating group) is 1. The van der Waals surface area contributed by atoms with Gasteiger partial charge in [0.15, 0.2) is 0 Å². The van der Waals surface area contributed by atoms with Crippen LogP contribution in [0, 0.1) is 0 Å². The number of nitrogens with zero attached hydrogens (tertiary/aromatic N) is 1. The van der Waals surface area contributed by atoms with Gasteiger partial charge in [0.05, 0.1) is 12.0 Å². The van der Waals surface area contributed by atoms with E-state index in [1.54, 1.807) is 6.26 Å². The molecule has 1 aliphatic heterocycles. The van der Waals surface area contributed by atoms with Gasteiger partial charge in [0.2, 0.25) is 0 Å². The summed E-state index contributed by atoms with van der Waals surface area (Å²) in [7, 11) is 2.08. The first kappa shape index (κ1) is 4.91. The Morgan fingerprint density at radius 2 is 2.56 bits per heavy atom. The second-order valence-corrected chi connectivity index (χ2v) is 2.40. The van der Waals surface area contributed by atoms with Crippen LogP contribution in [0.4, 0.5) is 5.69 Å². The van der Waals surface area contributed by atoms with Crippen molar-refractivity contribution in [2.24, 2.45) is 0 Å². The molecule has 0 aliphatic carbocycles. The molecule has 2 heteroatoms. The number of furan rings is 1. The third kappa shape index (κ3) is 0.559. The van der Waals surface area contributed by atoms with E-state index < -0.39 is 0 Å². The highest BCUT2D eigenvalue weighted by Gasteiger charge is 2.17. The van der Waals surface area contributed by atoms with Gasteiger partial charge in [0.1, 0.15) is 5.76 Å². The molecule has 0 aromatic carbocycles. The Hall–Kier alpha value is -0.920. The maximum absolute atomic E-state index is 5.20. The van der Waals surface area contributed by atoms with Crippen molar-refractivity contribution in [3.63, 3.8) is 0 Å². The number of fused-ring (bicyclic) bond motifs is 1. The Morgan fingerprint density at radius 1 is 1.67 bits per heavy atom. The van der Waals surface area contributed by atoms with Gasteiger partial charge < -0.3 is 9.32 Å². The second-order valence-electron chi connectivity index (χ2n) is 2.40. The summed E-state index contributed by atoms with van der Waals surface area (Å²) in [5, 5.41) is 0. The summed E-state index contributed by atoms with van der Waals surface area (Å²) in [6.45, 7) is 1.11. The Bertz CT molecular complexity index is 216. The van der Waals surface area contributed by atoms with Crippen molar-refractivity contribution < 1.29 is 4.42 Å². The summed E-state index contributed by atoms with van der Waals surface area (Å²) < 4.78 is 5.20. The molecule has 0 saturated carbocycles. The van der Waals surface area contributed by atoms with Gasteiger partial charge in [0, 0.05) is 26.1 Å². The maximum atomic E-state index is 5.20. The highest BCUT2D eigenvalue weighted by Crippen LogP contribution is 2.26. The van der Waals surface area contributed by atoms with E-state index in [2.05, 4.69) is 11.9 Å². The minimum atomic E-state index is 1.07. The van der Waals surface area contributed by atoms with Crippen LogP contribution in [0.2, 0.25) is 0 Å². The average Bonchev–Trinajstić information content (AvgIpc) is 2.35. The lowest BCUT2D eigenvalue weighted by atomic mass is 10.4. The predicted molar refractivity (Wildman–Crippen MR) is 35.7 cm³/mol. The van der Waals surface area contributed by atoms with E-state index in [4.69, 9.17) is 4.42 Å². The van der Waals surface area contributed by atoms with Gasteiger partial charge >= 0.3 is 0 Å². The quantitative estimate of drug-likeness (QED) is 0.516. The molecule has 0 atom stereocenters. The molecular formula is C7H9NO. The minimum absolute atomic E-state index is 1.07. The molecule has 0 saturated heterocycles. The van der Waals surface area contributed by atoms with E-state index in [0.717, 1.165) is 18.7 Å². The second kappa shape index (κ2) is 1.53. The van der Waals surface area contributed by atoms with Gasteiger partial charge in [-0.2, -0.15) is 0 Å². The zero-order chi connectivity index (χ0) is 6.27. The van der Waals surface area contributed by atoms with Gasteiger partial charge in [-0.25, -0.2) is 0 Å². The molecule has 0 unspecified atom stereocenters. The van der Waals surface area contributed by atoms with E-state index in [0.29, 0.717) is 0 Å². The van der Waals surface area contributed by atoms with Crippen molar-refractivity contribution in [1.29, 1.82) is 0 Å². The van der Waals surface area contributed by atoms with Gasteiger partial charge in [-0.15, -0.1) is 0 Å². The normalized spacial score (nSPS) is 16.3. The predicted octanol–water partition coefficient (Wildman–Crippen LogP) is 1.27. The molecule has 1 aliphatic rings. The molecule has 2 nitrogen and oxygen atoms in total. The first-order chi connectivity index (χ1) is 4.38. The van der Waals surface area contributed by atoms with E-state index >= 15 is 0 Å². The molecule has 0 bridgehead atoms. The highest BCUT2D eigenvalue weighted by molar-refractivity contribution is 5.52.